The van der Waals surface area contributed by atoms with Crippen LogP contribution in [-0.4, -0.2) is 22.3 Å². The molecule has 0 spiro atoms. The van der Waals surface area contributed by atoms with Crippen molar-refractivity contribution in [3.8, 4) is 0 Å². The Morgan fingerprint density at radius 1 is 1.64 bits per heavy atom. The van der Waals surface area contributed by atoms with E-state index in [1.807, 2.05) is 0 Å². The molecule has 0 bridgehead atoms. The van der Waals surface area contributed by atoms with Gasteiger partial charge in [-0.05, 0) is 11.5 Å². The molecule has 0 aliphatic carbocycles. The Labute approximate surface area is 83.4 Å². The summed E-state index contributed by atoms with van der Waals surface area (Å²) in [6.45, 7) is 1.27. The molecular weight excluding hydrogens is 208 g/mol. The Morgan fingerprint density at radius 2 is 2.29 bits per heavy atom. The van der Waals surface area contributed by atoms with E-state index in [1.54, 1.807) is 7.05 Å². The fraction of sp³-hybridized carbons (Fsp3) is 0.333. The molecular formula is C6H8N4O3S. The molecule has 0 radical (unpaired) electrons. The maximum atomic E-state index is 10.7. The number of hydrogen-bond acceptors (Lipinski definition) is 6. The summed E-state index contributed by atoms with van der Waals surface area (Å²) in [6.07, 6.45) is 0. The predicted octanol–water partition coefficient (Wildman–Crippen LogP) is 1.05. The number of carbonyl (C=O) groups excluding carboxylic acids is 1. The first kappa shape index (κ1) is 10.4. The molecule has 1 amide bonds. The van der Waals surface area contributed by atoms with Crippen LogP contribution in [0.25, 0.3) is 0 Å². The average molecular weight is 216 g/mol. The van der Waals surface area contributed by atoms with E-state index in [0.717, 1.165) is 11.5 Å². The Morgan fingerprint density at radius 3 is 2.71 bits per heavy atom. The highest BCUT2D eigenvalue weighted by atomic mass is 32.1. The predicted molar refractivity (Wildman–Crippen MR) is 52.6 cm³/mol. The third kappa shape index (κ3) is 1.96. The number of aromatic nitrogens is 1. The Kier molecular flexibility index (Phi) is 2.97. The second-order valence-electron chi connectivity index (χ2n) is 2.40. The molecule has 1 aromatic heterocycles. The van der Waals surface area contributed by atoms with Crippen LogP contribution in [0.1, 0.15) is 6.92 Å². The van der Waals surface area contributed by atoms with Crippen LogP contribution in [0, 0.1) is 10.1 Å². The van der Waals surface area contributed by atoms with Crippen molar-refractivity contribution in [2.24, 2.45) is 0 Å². The number of nitro groups is 1. The largest absolute Gasteiger partial charge is 0.373 e. The van der Waals surface area contributed by atoms with Crippen molar-refractivity contribution in [2.75, 3.05) is 17.7 Å². The van der Waals surface area contributed by atoms with Crippen molar-refractivity contribution in [3.63, 3.8) is 0 Å². The van der Waals surface area contributed by atoms with Gasteiger partial charge in [-0.3, -0.25) is 14.9 Å². The maximum absolute atomic E-state index is 10.7. The highest BCUT2D eigenvalue weighted by molar-refractivity contribution is 7.11. The van der Waals surface area contributed by atoms with Crippen LogP contribution in [0.15, 0.2) is 0 Å². The van der Waals surface area contributed by atoms with Crippen LogP contribution in [0.3, 0.4) is 0 Å². The number of amides is 1. The lowest BCUT2D eigenvalue weighted by Crippen LogP contribution is -2.07. The molecule has 2 N–H and O–H groups in total. The van der Waals surface area contributed by atoms with E-state index < -0.39 is 4.92 Å². The zero-order chi connectivity index (χ0) is 10.7. The first-order valence-electron chi connectivity index (χ1n) is 3.65. The van der Waals surface area contributed by atoms with E-state index in [2.05, 4.69) is 15.0 Å². The van der Waals surface area contributed by atoms with Gasteiger partial charge in [0.1, 0.15) is 0 Å². The summed E-state index contributed by atoms with van der Waals surface area (Å²) in [6, 6.07) is 0. The molecule has 0 saturated heterocycles. The van der Waals surface area contributed by atoms with Gasteiger partial charge in [0.05, 0.1) is 4.92 Å². The Bertz CT molecular complexity index is 375. The molecule has 1 aromatic rings. The minimum atomic E-state index is -0.583. The minimum absolute atomic E-state index is 0.0168. The molecule has 0 atom stereocenters. The highest BCUT2D eigenvalue weighted by Gasteiger charge is 2.24. The van der Waals surface area contributed by atoms with Crippen LogP contribution in [0.2, 0.25) is 0 Å². The lowest BCUT2D eigenvalue weighted by atomic mass is 10.5. The van der Waals surface area contributed by atoms with E-state index in [1.165, 1.54) is 6.92 Å². The van der Waals surface area contributed by atoms with E-state index in [4.69, 9.17) is 0 Å². The van der Waals surface area contributed by atoms with Gasteiger partial charge in [-0.25, -0.2) is 0 Å². The summed E-state index contributed by atoms with van der Waals surface area (Å²) in [7, 11) is 1.55. The van der Waals surface area contributed by atoms with Crippen molar-refractivity contribution in [2.45, 2.75) is 6.92 Å². The van der Waals surface area contributed by atoms with Crippen molar-refractivity contribution in [3.05, 3.63) is 10.1 Å². The molecule has 0 unspecified atom stereocenters. The van der Waals surface area contributed by atoms with Crippen molar-refractivity contribution < 1.29 is 9.72 Å². The van der Waals surface area contributed by atoms with Gasteiger partial charge in [0.15, 0.2) is 5.00 Å². The second-order valence-corrected chi connectivity index (χ2v) is 3.17. The van der Waals surface area contributed by atoms with Crippen LogP contribution >= 0.6 is 11.5 Å². The molecule has 0 aliphatic rings. The van der Waals surface area contributed by atoms with Gasteiger partial charge < -0.3 is 10.6 Å². The standard InChI is InChI=1S/C6H8N4O3S/c1-3(11)8-5-4(10(12)13)6(7-2)14-9-5/h7H,1-2H3,(H,8,9,11). The van der Waals surface area contributed by atoms with Gasteiger partial charge in [-0.15, -0.1) is 0 Å². The summed E-state index contributed by atoms with van der Waals surface area (Å²) in [5, 5.41) is 15.9. The number of hydrogen-bond donors (Lipinski definition) is 2. The first-order valence-corrected chi connectivity index (χ1v) is 4.43. The third-order valence-corrected chi connectivity index (χ3v) is 2.23. The zero-order valence-corrected chi connectivity index (χ0v) is 8.34. The average Bonchev–Trinajstić information content (AvgIpc) is 2.46. The van der Waals surface area contributed by atoms with Crippen molar-refractivity contribution >= 4 is 33.9 Å². The van der Waals surface area contributed by atoms with Gasteiger partial charge in [-0.1, -0.05) is 0 Å². The fourth-order valence-electron chi connectivity index (χ4n) is 0.867. The lowest BCUT2D eigenvalue weighted by molar-refractivity contribution is -0.382. The molecule has 0 fully saturated rings. The summed E-state index contributed by atoms with van der Waals surface area (Å²) >= 11 is 0.929. The first-order chi connectivity index (χ1) is 6.56. The van der Waals surface area contributed by atoms with E-state index in [9.17, 15) is 14.9 Å². The zero-order valence-electron chi connectivity index (χ0n) is 7.53. The molecule has 8 heteroatoms. The lowest BCUT2D eigenvalue weighted by Gasteiger charge is -1.96. The van der Waals surface area contributed by atoms with Crippen LogP contribution in [0.5, 0.6) is 0 Å². The maximum Gasteiger partial charge on any atom is 0.347 e. The van der Waals surface area contributed by atoms with Gasteiger partial charge >= 0.3 is 5.69 Å². The summed E-state index contributed by atoms with van der Waals surface area (Å²) in [5.74, 6) is -0.405. The summed E-state index contributed by atoms with van der Waals surface area (Å²) in [4.78, 5) is 20.7. The molecule has 76 valence electrons. The van der Waals surface area contributed by atoms with Crippen LogP contribution in [0.4, 0.5) is 16.5 Å². The molecule has 0 saturated carbocycles. The number of anilines is 2. The topological polar surface area (TPSA) is 97.2 Å². The van der Waals surface area contributed by atoms with Gasteiger partial charge in [0.2, 0.25) is 11.7 Å². The second kappa shape index (κ2) is 4.01. The fourth-order valence-corrected chi connectivity index (χ4v) is 1.53. The van der Waals surface area contributed by atoms with Gasteiger partial charge in [-0.2, -0.15) is 4.37 Å². The number of nitrogens with one attached hydrogen (secondary N) is 2. The number of carbonyl (C=O) groups is 1. The van der Waals surface area contributed by atoms with E-state index in [0.29, 0.717) is 5.00 Å². The van der Waals surface area contributed by atoms with Gasteiger partial charge in [0.25, 0.3) is 0 Å². The third-order valence-electron chi connectivity index (χ3n) is 1.37. The highest BCUT2D eigenvalue weighted by Crippen LogP contribution is 2.35. The van der Waals surface area contributed by atoms with Crippen LogP contribution < -0.4 is 10.6 Å². The Balaban J connectivity index is 3.10. The normalized spacial score (nSPS) is 9.57. The molecule has 0 aliphatic heterocycles. The van der Waals surface area contributed by atoms with E-state index in [-0.39, 0.29) is 17.4 Å². The van der Waals surface area contributed by atoms with Crippen molar-refractivity contribution in [1.82, 2.24) is 4.37 Å². The van der Waals surface area contributed by atoms with E-state index >= 15 is 0 Å². The SMILES string of the molecule is CNc1snc(NC(C)=O)c1[N+](=O)[O-]. The molecule has 14 heavy (non-hydrogen) atoms. The smallest absolute Gasteiger partial charge is 0.347 e. The molecule has 1 heterocycles. The monoisotopic (exact) mass is 216 g/mol. The van der Waals surface area contributed by atoms with Crippen LogP contribution in [-0.2, 0) is 4.79 Å². The number of nitrogens with zero attached hydrogens (tertiary/aromatic N) is 2. The molecule has 7 nitrogen and oxygen atoms in total. The van der Waals surface area contributed by atoms with Gasteiger partial charge in [0, 0.05) is 14.0 Å². The summed E-state index contributed by atoms with van der Waals surface area (Å²) < 4.78 is 3.75. The summed E-state index contributed by atoms with van der Waals surface area (Å²) in [5.41, 5.74) is -0.201. The molecule has 0 aromatic carbocycles. The van der Waals surface area contributed by atoms with Crippen molar-refractivity contribution in [1.29, 1.82) is 0 Å². The molecule has 1 rings (SSSR count). The minimum Gasteiger partial charge on any atom is -0.373 e. The quantitative estimate of drug-likeness (QED) is 0.581. The number of rotatable bonds is 3. The Hall–Kier alpha value is -1.70.